The zero-order chi connectivity index (χ0) is 26.2. The van der Waals surface area contributed by atoms with Crippen molar-refractivity contribution in [2.24, 2.45) is 11.3 Å². The van der Waals surface area contributed by atoms with Crippen LogP contribution in [0.15, 0.2) is 11.0 Å². The van der Waals surface area contributed by atoms with Gasteiger partial charge in [-0.15, -0.1) is 11.3 Å². The molecule has 0 saturated carbocycles. The predicted molar refractivity (Wildman–Crippen MR) is 135 cm³/mol. The van der Waals surface area contributed by atoms with Gasteiger partial charge in [0.25, 0.3) is 0 Å². The highest BCUT2D eigenvalue weighted by molar-refractivity contribution is 7.09. The number of nitrogens with zero attached hydrogens (tertiary/aromatic N) is 1. The summed E-state index contributed by atoms with van der Waals surface area (Å²) in [4.78, 5) is 30.4. The van der Waals surface area contributed by atoms with Crippen LogP contribution in [0.2, 0.25) is 0 Å². The van der Waals surface area contributed by atoms with Crippen molar-refractivity contribution in [3.8, 4) is 0 Å². The third-order valence-electron chi connectivity index (χ3n) is 7.37. The molecule has 1 aromatic heterocycles. The topological polar surface area (TPSA) is 121 Å². The van der Waals surface area contributed by atoms with Gasteiger partial charge in [-0.1, -0.05) is 20.8 Å². The van der Waals surface area contributed by atoms with Crippen molar-refractivity contribution in [3.05, 3.63) is 21.7 Å². The smallest absolute Gasteiger partial charge is 0.306 e. The normalized spacial score (nSPS) is 37.5. The Morgan fingerprint density at radius 2 is 1.94 bits per heavy atom. The SMILES string of the molecule is CC(=Cc1csc(C)n1)C1OC(=O)CCC(C)(C)C(=O)C(C)CC(C)NCCC2(C)OC2(O)C1O. The highest BCUT2D eigenvalue weighted by Crippen LogP contribution is 2.52. The maximum Gasteiger partial charge on any atom is 0.306 e. The number of aryl methyl sites for hydroxylation is 1. The second-order valence-corrected chi connectivity index (χ2v) is 12.1. The Morgan fingerprint density at radius 1 is 1.26 bits per heavy atom. The lowest BCUT2D eigenvalue weighted by Gasteiger charge is -2.30. The van der Waals surface area contributed by atoms with Crippen LogP contribution in [-0.4, -0.2) is 63.1 Å². The maximum atomic E-state index is 13.1. The number of rotatable bonds is 2. The van der Waals surface area contributed by atoms with Crippen molar-refractivity contribution in [1.82, 2.24) is 10.3 Å². The number of Topliss-reactive ketones (excluding diaryl/α,β-unsaturated/α-hetero) is 1. The van der Waals surface area contributed by atoms with Gasteiger partial charge in [0.05, 0.1) is 10.7 Å². The number of carbonyl (C=O) groups is 2. The minimum atomic E-state index is -1.85. The van der Waals surface area contributed by atoms with Gasteiger partial charge in [-0.05, 0) is 65.2 Å². The predicted octanol–water partition coefficient (Wildman–Crippen LogP) is 3.39. The molecule has 3 rings (SSSR count). The van der Waals surface area contributed by atoms with E-state index in [1.165, 1.54) is 11.3 Å². The number of hydrogen-bond donors (Lipinski definition) is 3. The van der Waals surface area contributed by atoms with Crippen LogP contribution >= 0.6 is 11.3 Å². The summed E-state index contributed by atoms with van der Waals surface area (Å²) in [6, 6.07) is 0.0856. The second kappa shape index (κ2) is 10.4. The number of aliphatic hydroxyl groups is 2. The van der Waals surface area contributed by atoms with E-state index in [4.69, 9.17) is 9.47 Å². The number of esters is 1. The third kappa shape index (κ3) is 6.20. The number of thiazole rings is 1. The van der Waals surface area contributed by atoms with E-state index in [1.54, 1.807) is 19.9 Å². The Kier molecular flexibility index (Phi) is 8.28. The van der Waals surface area contributed by atoms with Crippen molar-refractivity contribution in [2.45, 2.75) is 104 Å². The average molecular weight is 509 g/mol. The molecular weight excluding hydrogens is 468 g/mol. The van der Waals surface area contributed by atoms with Gasteiger partial charge in [0, 0.05) is 29.2 Å². The van der Waals surface area contributed by atoms with Gasteiger partial charge < -0.3 is 25.0 Å². The van der Waals surface area contributed by atoms with Crippen LogP contribution in [0.5, 0.6) is 0 Å². The fraction of sp³-hybridized carbons (Fsp3) is 0.731. The van der Waals surface area contributed by atoms with Crippen molar-refractivity contribution >= 4 is 29.2 Å². The van der Waals surface area contributed by atoms with Gasteiger partial charge in [0.2, 0.25) is 5.79 Å². The minimum Gasteiger partial charge on any atom is -0.455 e. The highest BCUT2D eigenvalue weighted by Gasteiger charge is 2.71. The molecule has 2 saturated heterocycles. The summed E-state index contributed by atoms with van der Waals surface area (Å²) in [5.74, 6) is -2.44. The summed E-state index contributed by atoms with van der Waals surface area (Å²) in [5, 5.41) is 28.6. The molecular formula is C26H40N2O6S. The largest absolute Gasteiger partial charge is 0.455 e. The number of nitrogens with one attached hydrogen (secondary N) is 1. The average Bonchev–Trinajstić information content (AvgIpc) is 3.09. The summed E-state index contributed by atoms with van der Waals surface area (Å²) in [7, 11) is 0. The fourth-order valence-electron chi connectivity index (χ4n) is 4.98. The molecule has 3 N–H and O–H groups in total. The van der Waals surface area contributed by atoms with Gasteiger partial charge in [-0.2, -0.15) is 0 Å². The molecule has 6 atom stereocenters. The summed E-state index contributed by atoms with van der Waals surface area (Å²) < 4.78 is 11.4. The molecule has 0 radical (unpaired) electrons. The molecule has 2 aliphatic rings. The van der Waals surface area contributed by atoms with E-state index in [9.17, 15) is 19.8 Å². The lowest BCUT2D eigenvalue weighted by molar-refractivity contribution is -0.165. The molecule has 8 nitrogen and oxygen atoms in total. The number of fused-ring (bicyclic) bond motifs is 1. The lowest BCUT2D eigenvalue weighted by atomic mass is 9.76. The molecule has 1 aromatic rings. The quantitative estimate of drug-likeness (QED) is 0.411. The van der Waals surface area contributed by atoms with Crippen LogP contribution < -0.4 is 5.32 Å². The number of carbonyl (C=O) groups excluding carboxylic acids is 2. The van der Waals surface area contributed by atoms with Crippen molar-refractivity contribution in [2.75, 3.05) is 6.54 Å². The molecule has 0 aliphatic carbocycles. The Balaban J connectivity index is 1.90. The van der Waals surface area contributed by atoms with Gasteiger partial charge in [-0.25, -0.2) is 4.98 Å². The fourth-order valence-corrected chi connectivity index (χ4v) is 5.55. The molecule has 0 bridgehead atoms. The Hall–Kier alpha value is -1.65. The van der Waals surface area contributed by atoms with Crippen molar-refractivity contribution in [1.29, 1.82) is 0 Å². The standard InChI is InChI=1S/C26H40N2O6S/c1-15(13-19-14-35-18(4)28-19)21-23(31)26(32)25(7,34-26)10-11-27-17(3)12-16(2)22(30)24(5,6)9-8-20(29)33-21/h13-14,16-17,21,23,27,31-32H,8-12H2,1-7H3. The maximum absolute atomic E-state index is 13.1. The first-order valence-corrected chi connectivity index (χ1v) is 13.2. The summed E-state index contributed by atoms with van der Waals surface area (Å²) in [6.07, 6.45) is 0.562. The molecule has 2 aliphatic heterocycles. The third-order valence-corrected chi connectivity index (χ3v) is 8.17. The van der Waals surface area contributed by atoms with E-state index in [1.807, 2.05) is 40.0 Å². The molecule has 0 spiro atoms. The molecule has 35 heavy (non-hydrogen) atoms. The number of ketones is 1. The summed E-state index contributed by atoms with van der Waals surface area (Å²) in [5.41, 5.74) is -0.463. The van der Waals surface area contributed by atoms with E-state index >= 15 is 0 Å². The number of ether oxygens (including phenoxy) is 2. The number of aliphatic hydroxyl groups excluding tert-OH is 1. The van der Waals surface area contributed by atoms with Crippen LogP contribution in [0.3, 0.4) is 0 Å². The highest BCUT2D eigenvalue weighted by atomic mass is 32.1. The first-order chi connectivity index (χ1) is 16.2. The van der Waals surface area contributed by atoms with E-state index in [0.717, 1.165) is 5.01 Å². The Labute approximate surface area is 212 Å². The van der Waals surface area contributed by atoms with Gasteiger partial charge in [-0.3, -0.25) is 9.59 Å². The van der Waals surface area contributed by atoms with Crippen LogP contribution in [0.1, 0.15) is 77.9 Å². The number of hydrogen-bond acceptors (Lipinski definition) is 9. The molecule has 0 amide bonds. The molecule has 9 heteroatoms. The monoisotopic (exact) mass is 508 g/mol. The molecule has 2 fully saturated rings. The molecule has 6 unspecified atom stereocenters. The zero-order valence-corrected chi connectivity index (χ0v) is 22.7. The first-order valence-electron chi connectivity index (χ1n) is 12.4. The Morgan fingerprint density at radius 3 is 2.57 bits per heavy atom. The van der Waals surface area contributed by atoms with E-state index in [0.29, 0.717) is 37.1 Å². The van der Waals surface area contributed by atoms with Gasteiger partial charge in [0.1, 0.15) is 11.4 Å². The summed E-state index contributed by atoms with van der Waals surface area (Å²) in [6.45, 7) is 13.6. The minimum absolute atomic E-state index is 0.0160. The van der Waals surface area contributed by atoms with Gasteiger partial charge >= 0.3 is 5.97 Å². The Bertz CT molecular complexity index is 975. The van der Waals surface area contributed by atoms with Gasteiger partial charge in [0.15, 0.2) is 12.2 Å². The van der Waals surface area contributed by atoms with E-state index < -0.39 is 35.0 Å². The van der Waals surface area contributed by atoms with Crippen molar-refractivity contribution < 1.29 is 29.3 Å². The zero-order valence-electron chi connectivity index (χ0n) is 21.9. The van der Waals surface area contributed by atoms with Crippen LogP contribution in [0.25, 0.3) is 6.08 Å². The van der Waals surface area contributed by atoms with Crippen LogP contribution in [-0.2, 0) is 19.1 Å². The van der Waals surface area contributed by atoms with Crippen LogP contribution in [0.4, 0.5) is 0 Å². The number of epoxide rings is 1. The van der Waals surface area contributed by atoms with Crippen molar-refractivity contribution in [3.63, 3.8) is 0 Å². The molecule has 0 aromatic carbocycles. The molecule has 3 heterocycles. The van der Waals surface area contributed by atoms with Crippen LogP contribution in [0, 0.1) is 18.3 Å². The first kappa shape index (κ1) is 27.9. The molecule has 196 valence electrons. The number of aromatic nitrogens is 1. The number of cyclic esters (lactones) is 1. The second-order valence-electron chi connectivity index (χ2n) is 11.1. The van der Waals surface area contributed by atoms with E-state index in [2.05, 4.69) is 10.3 Å². The summed E-state index contributed by atoms with van der Waals surface area (Å²) >= 11 is 1.49. The van der Waals surface area contributed by atoms with E-state index in [-0.39, 0.29) is 24.2 Å². The lowest BCUT2D eigenvalue weighted by Crippen LogP contribution is -2.47.